The summed E-state index contributed by atoms with van der Waals surface area (Å²) in [6.45, 7) is -0.0278. The lowest BCUT2D eigenvalue weighted by Gasteiger charge is -2.14. The molecular weight excluding hydrogens is 260 g/mol. The molecule has 0 saturated carbocycles. The molecule has 0 atom stereocenters. The molecule has 0 aliphatic rings. The van der Waals surface area contributed by atoms with Gasteiger partial charge in [-0.2, -0.15) is 9.57 Å². The number of benzene rings is 1. The van der Waals surface area contributed by atoms with Crippen LogP contribution < -0.4 is 0 Å². The van der Waals surface area contributed by atoms with Crippen molar-refractivity contribution in [1.29, 1.82) is 5.26 Å². The molecule has 0 saturated heterocycles. The first-order valence-electron chi connectivity index (χ1n) is 4.53. The number of rotatable bonds is 3. The van der Waals surface area contributed by atoms with Crippen LogP contribution >= 0.6 is 11.6 Å². The van der Waals surface area contributed by atoms with Gasteiger partial charge >= 0.3 is 0 Å². The third kappa shape index (κ3) is 2.78. The molecule has 0 N–H and O–H groups in total. The summed E-state index contributed by atoms with van der Waals surface area (Å²) in [7, 11) is -2.28. The van der Waals surface area contributed by atoms with Gasteiger partial charge in [0, 0.05) is 7.05 Å². The normalized spacial score (nSPS) is 10.9. The monoisotopic (exact) mass is 268 g/mol. The van der Waals surface area contributed by atoms with Gasteiger partial charge in [0.05, 0.1) is 22.0 Å². The van der Waals surface area contributed by atoms with Gasteiger partial charge in [0.15, 0.2) is 0 Å². The molecule has 1 aromatic rings. The number of halogens is 1. The zero-order valence-corrected chi connectivity index (χ0v) is 10.6. The number of nitriles is 1. The fourth-order valence-electron chi connectivity index (χ4n) is 1.14. The van der Waals surface area contributed by atoms with Gasteiger partial charge in [-0.15, -0.1) is 6.42 Å². The molecular formula is C11H9ClN2O2S. The molecule has 0 aromatic heterocycles. The van der Waals surface area contributed by atoms with Gasteiger partial charge in [0.1, 0.15) is 6.07 Å². The lowest BCUT2D eigenvalue weighted by atomic mass is 10.2. The minimum Gasteiger partial charge on any atom is -0.207 e. The first-order chi connectivity index (χ1) is 7.93. The van der Waals surface area contributed by atoms with Gasteiger partial charge in [0.2, 0.25) is 10.0 Å². The smallest absolute Gasteiger partial charge is 0.207 e. The molecule has 1 rings (SSSR count). The molecule has 17 heavy (non-hydrogen) atoms. The van der Waals surface area contributed by atoms with Crippen LogP contribution in [0.2, 0.25) is 5.02 Å². The van der Waals surface area contributed by atoms with Crippen LogP contribution in [-0.4, -0.2) is 26.3 Å². The van der Waals surface area contributed by atoms with Gasteiger partial charge in [-0.25, -0.2) is 8.42 Å². The van der Waals surface area contributed by atoms with Crippen molar-refractivity contribution in [2.75, 3.05) is 13.6 Å². The minimum atomic E-state index is -3.65. The van der Waals surface area contributed by atoms with Crippen molar-refractivity contribution in [1.82, 2.24) is 4.31 Å². The zero-order chi connectivity index (χ0) is 13.1. The Balaban J connectivity index is 3.23. The molecule has 0 heterocycles. The summed E-state index contributed by atoms with van der Waals surface area (Å²) >= 11 is 5.77. The van der Waals surface area contributed by atoms with E-state index in [1.807, 2.05) is 6.07 Å². The Morgan fingerprint density at radius 2 is 2.18 bits per heavy atom. The van der Waals surface area contributed by atoms with Gasteiger partial charge in [-0.1, -0.05) is 17.5 Å². The van der Waals surface area contributed by atoms with E-state index in [4.69, 9.17) is 23.3 Å². The second-order valence-corrected chi connectivity index (χ2v) is 5.67. The molecule has 4 nitrogen and oxygen atoms in total. The van der Waals surface area contributed by atoms with Crippen LogP contribution in [0.5, 0.6) is 0 Å². The second-order valence-electron chi connectivity index (χ2n) is 3.22. The summed E-state index contributed by atoms with van der Waals surface area (Å²) < 4.78 is 25.0. The first-order valence-corrected chi connectivity index (χ1v) is 6.34. The quantitative estimate of drug-likeness (QED) is 0.780. The van der Waals surface area contributed by atoms with Crippen LogP contribution in [-0.2, 0) is 10.0 Å². The average molecular weight is 269 g/mol. The molecule has 0 unspecified atom stereocenters. The number of nitrogens with zero attached hydrogens (tertiary/aromatic N) is 2. The van der Waals surface area contributed by atoms with Crippen LogP contribution in [0.25, 0.3) is 0 Å². The van der Waals surface area contributed by atoms with E-state index in [0.717, 1.165) is 4.31 Å². The van der Waals surface area contributed by atoms with Crippen molar-refractivity contribution in [2.45, 2.75) is 4.90 Å². The molecule has 1 aromatic carbocycles. The van der Waals surface area contributed by atoms with E-state index in [-0.39, 0.29) is 22.0 Å². The molecule has 0 fully saturated rings. The van der Waals surface area contributed by atoms with Crippen molar-refractivity contribution < 1.29 is 8.42 Å². The van der Waals surface area contributed by atoms with Crippen LogP contribution in [0.4, 0.5) is 0 Å². The van der Waals surface area contributed by atoms with E-state index in [9.17, 15) is 8.42 Å². The van der Waals surface area contributed by atoms with Gasteiger partial charge in [0.25, 0.3) is 0 Å². The highest BCUT2D eigenvalue weighted by Gasteiger charge is 2.20. The third-order valence-corrected chi connectivity index (χ3v) is 4.20. The molecule has 0 aliphatic heterocycles. The fourth-order valence-corrected chi connectivity index (χ4v) is 2.54. The Hall–Kier alpha value is -1.53. The van der Waals surface area contributed by atoms with E-state index in [1.165, 1.54) is 25.2 Å². The second kappa shape index (κ2) is 5.20. The minimum absolute atomic E-state index is 0.0132. The number of terminal acetylenes is 1. The highest BCUT2D eigenvalue weighted by molar-refractivity contribution is 7.89. The lowest BCUT2D eigenvalue weighted by Crippen LogP contribution is -2.27. The topological polar surface area (TPSA) is 61.2 Å². The van der Waals surface area contributed by atoms with Crippen LogP contribution in [0, 0.1) is 23.7 Å². The van der Waals surface area contributed by atoms with Crippen molar-refractivity contribution in [3.63, 3.8) is 0 Å². The molecule has 0 aliphatic carbocycles. The molecule has 0 amide bonds. The first kappa shape index (κ1) is 13.5. The molecule has 6 heteroatoms. The van der Waals surface area contributed by atoms with Gasteiger partial charge in [-0.3, -0.25) is 0 Å². The van der Waals surface area contributed by atoms with E-state index in [2.05, 4.69) is 5.92 Å². The Bertz CT molecular complexity index is 611. The summed E-state index contributed by atoms with van der Waals surface area (Å²) in [5, 5.41) is 8.78. The summed E-state index contributed by atoms with van der Waals surface area (Å²) in [6.07, 6.45) is 5.05. The molecule has 0 bridgehead atoms. The Kier molecular flexibility index (Phi) is 4.14. The zero-order valence-electron chi connectivity index (χ0n) is 9.01. The van der Waals surface area contributed by atoms with Crippen LogP contribution in [0.3, 0.4) is 0 Å². The number of hydrogen-bond donors (Lipinski definition) is 0. The van der Waals surface area contributed by atoms with E-state index in [1.54, 1.807) is 0 Å². The van der Waals surface area contributed by atoms with E-state index >= 15 is 0 Å². The lowest BCUT2D eigenvalue weighted by molar-refractivity contribution is 0.503. The van der Waals surface area contributed by atoms with Crippen molar-refractivity contribution >= 4 is 21.6 Å². The van der Waals surface area contributed by atoms with Crippen molar-refractivity contribution in [3.8, 4) is 18.4 Å². The number of hydrogen-bond acceptors (Lipinski definition) is 3. The van der Waals surface area contributed by atoms with E-state index in [0.29, 0.717) is 0 Å². The maximum atomic E-state index is 12.0. The fraction of sp³-hybridized carbons (Fsp3) is 0.182. The van der Waals surface area contributed by atoms with Crippen LogP contribution in [0.1, 0.15) is 5.56 Å². The summed E-state index contributed by atoms with van der Waals surface area (Å²) in [4.78, 5) is 0.0132. The highest BCUT2D eigenvalue weighted by Crippen LogP contribution is 2.22. The molecule has 0 spiro atoms. The summed E-state index contributed by atoms with van der Waals surface area (Å²) in [6, 6.07) is 5.78. The predicted molar refractivity (Wildman–Crippen MR) is 64.8 cm³/mol. The Labute approximate surface area is 105 Å². The maximum absolute atomic E-state index is 12.0. The number of sulfonamides is 1. The standard InChI is InChI=1S/C11H9ClN2O2S/c1-3-6-14(2)17(15,16)10-5-4-9(8-13)11(12)7-10/h1,4-5,7H,6H2,2H3. The Morgan fingerprint density at radius 3 is 2.65 bits per heavy atom. The van der Waals surface area contributed by atoms with Gasteiger partial charge in [-0.05, 0) is 18.2 Å². The maximum Gasteiger partial charge on any atom is 0.243 e. The van der Waals surface area contributed by atoms with E-state index < -0.39 is 10.0 Å². The average Bonchev–Trinajstić information content (AvgIpc) is 2.29. The third-order valence-electron chi connectivity index (χ3n) is 2.08. The molecule has 0 radical (unpaired) electrons. The highest BCUT2D eigenvalue weighted by atomic mass is 35.5. The van der Waals surface area contributed by atoms with Crippen LogP contribution in [0.15, 0.2) is 23.1 Å². The van der Waals surface area contributed by atoms with Gasteiger partial charge < -0.3 is 0 Å². The van der Waals surface area contributed by atoms with Crippen molar-refractivity contribution in [2.24, 2.45) is 0 Å². The Morgan fingerprint density at radius 1 is 1.53 bits per heavy atom. The summed E-state index contributed by atoms with van der Waals surface area (Å²) in [5.74, 6) is 2.24. The summed E-state index contributed by atoms with van der Waals surface area (Å²) in [5.41, 5.74) is 0.227. The molecule has 88 valence electrons. The predicted octanol–water partition coefficient (Wildman–Crippen LogP) is 1.47. The largest absolute Gasteiger partial charge is 0.243 e. The SMILES string of the molecule is C#CCN(C)S(=O)(=O)c1ccc(C#N)c(Cl)c1. The van der Waals surface area contributed by atoms with Crippen molar-refractivity contribution in [3.05, 3.63) is 28.8 Å².